The van der Waals surface area contributed by atoms with Crippen LogP contribution in [-0.2, 0) is 0 Å². The molecule has 1 amide bonds. The molecule has 0 fully saturated rings. The van der Waals surface area contributed by atoms with Crippen LogP contribution in [-0.4, -0.2) is 49.5 Å². The van der Waals surface area contributed by atoms with Crippen molar-refractivity contribution in [3.8, 4) is 22.8 Å². The fourth-order valence-corrected chi connectivity index (χ4v) is 2.93. The minimum absolute atomic E-state index is 0.0304. The number of benzene rings is 2. The van der Waals surface area contributed by atoms with E-state index in [2.05, 4.69) is 35.8 Å². The summed E-state index contributed by atoms with van der Waals surface area (Å²) in [5.41, 5.74) is 8.74. The van der Waals surface area contributed by atoms with Crippen LogP contribution in [0.4, 0.5) is 11.5 Å². The summed E-state index contributed by atoms with van der Waals surface area (Å²) < 4.78 is 11.1. The molecule has 2 aromatic carbocycles. The predicted molar refractivity (Wildman–Crippen MR) is 114 cm³/mol. The highest BCUT2D eigenvalue weighted by Crippen LogP contribution is 2.29. The van der Waals surface area contributed by atoms with Crippen LogP contribution in [0.15, 0.2) is 58.3 Å². The first kappa shape index (κ1) is 21.1. The van der Waals surface area contributed by atoms with E-state index in [1.165, 1.54) is 30.0 Å². The molecule has 4 aromatic rings. The molecule has 0 radical (unpaired) electrons. The second-order valence-electron chi connectivity index (χ2n) is 6.42. The second kappa shape index (κ2) is 8.93. The molecule has 2 heterocycles. The molecule has 0 unspecified atom stereocenters. The smallest absolute Gasteiger partial charge is 0.294 e. The number of nitrogen functional groups attached to an aromatic ring is 1. The van der Waals surface area contributed by atoms with Crippen LogP contribution in [0, 0.1) is 10.1 Å². The van der Waals surface area contributed by atoms with Gasteiger partial charge < -0.3 is 10.5 Å². The zero-order chi connectivity index (χ0) is 23.4. The summed E-state index contributed by atoms with van der Waals surface area (Å²) in [7, 11) is 1.50. The van der Waals surface area contributed by atoms with Gasteiger partial charge in [0.1, 0.15) is 11.4 Å². The molecular formula is C19H15N9O5. The lowest BCUT2D eigenvalue weighted by molar-refractivity contribution is -0.385. The van der Waals surface area contributed by atoms with Gasteiger partial charge in [0.15, 0.2) is 5.69 Å². The zero-order valence-corrected chi connectivity index (χ0v) is 16.9. The van der Waals surface area contributed by atoms with Crippen molar-refractivity contribution in [1.82, 2.24) is 30.7 Å². The van der Waals surface area contributed by atoms with Gasteiger partial charge in [0.25, 0.3) is 11.6 Å². The van der Waals surface area contributed by atoms with E-state index in [0.29, 0.717) is 11.3 Å². The zero-order valence-electron chi connectivity index (χ0n) is 16.9. The maximum absolute atomic E-state index is 12.9. The number of nitrogens with zero attached hydrogens (tertiary/aromatic N) is 7. The molecule has 166 valence electrons. The average Bonchev–Trinajstić information content (AvgIpc) is 3.45. The average molecular weight is 449 g/mol. The van der Waals surface area contributed by atoms with Gasteiger partial charge in [0.05, 0.1) is 23.8 Å². The lowest BCUT2D eigenvalue weighted by Crippen LogP contribution is -2.19. The van der Waals surface area contributed by atoms with E-state index >= 15 is 0 Å². The van der Waals surface area contributed by atoms with Gasteiger partial charge >= 0.3 is 0 Å². The number of rotatable bonds is 7. The molecule has 33 heavy (non-hydrogen) atoms. The number of ether oxygens (including phenoxy) is 1. The molecule has 2 aromatic heterocycles. The van der Waals surface area contributed by atoms with E-state index in [9.17, 15) is 14.9 Å². The van der Waals surface area contributed by atoms with E-state index < -0.39 is 10.8 Å². The molecule has 0 aliphatic heterocycles. The monoisotopic (exact) mass is 449 g/mol. The van der Waals surface area contributed by atoms with Crippen LogP contribution >= 0.6 is 0 Å². The van der Waals surface area contributed by atoms with Crippen molar-refractivity contribution in [3.63, 3.8) is 0 Å². The van der Waals surface area contributed by atoms with Crippen LogP contribution in [0.2, 0.25) is 0 Å². The topological polar surface area (TPSA) is 189 Å². The Bertz CT molecular complexity index is 1360. The lowest BCUT2D eigenvalue weighted by Gasteiger charge is -2.07. The third-order valence-electron chi connectivity index (χ3n) is 4.43. The summed E-state index contributed by atoms with van der Waals surface area (Å²) in [6.45, 7) is 0. The van der Waals surface area contributed by atoms with E-state index in [-0.39, 0.29) is 34.3 Å². The van der Waals surface area contributed by atoms with E-state index in [0.717, 1.165) is 6.21 Å². The third kappa shape index (κ3) is 4.20. The Labute approximate surface area is 184 Å². The van der Waals surface area contributed by atoms with Gasteiger partial charge in [-0.1, -0.05) is 29.5 Å². The highest BCUT2D eigenvalue weighted by atomic mass is 16.6. The largest absolute Gasteiger partial charge is 0.497 e. The highest BCUT2D eigenvalue weighted by Gasteiger charge is 2.25. The lowest BCUT2D eigenvalue weighted by atomic mass is 10.1. The summed E-state index contributed by atoms with van der Waals surface area (Å²) in [4.78, 5) is 23.5. The van der Waals surface area contributed by atoms with Crippen LogP contribution < -0.4 is 15.9 Å². The van der Waals surface area contributed by atoms with Crippen molar-refractivity contribution >= 4 is 23.6 Å². The summed E-state index contributed by atoms with van der Waals surface area (Å²) in [6, 6.07) is 12.8. The van der Waals surface area contributed by atoms with Crippen LogP contribution in [0.25, 0.3) is 17.1 Å². The van der Waals surface area contributed by atoms with Crippen molar-refractivity contribution in [2.75, 3.05) is 12.8 Å². The molecule has 0 aliphatic carbocycles. The number of nitro benzene ring substituents is 1. The molecule has 0 atom stereocenters. The van der Waals surface area contributed by atoms with E-state index in [1.807, 2.05) is 0 Å². The summed E-state index contributed by atoms with van der Waals surface area (Å²) in [5.74, 6) is -0.246. The fraction of sp³-hybridized carbons (Fsp3) is 0.0526. The molecule has 0 spiro atoms. The first-order valence-corrected chi connectivity index (χ1v) is 9.25. The SMILES string of the molecule is COc1cccc(-c2c(C(=O)N/N=C\c3ccccc3[N+](=O)[O-])nnn2-c2nonc2N)c1. The number of nitrogens with two attached hydrogens (primary N) is 1. The second-order valence-corrected chi connectivity index (χ2v) is 6.42. The Balaban J connectivity index is 1.70. The predicted octanol–water partition coefficient (Wildman–Crippen LogP) is 1.58. The molecular weight excluding hydrogens is 434 g/mol. The van der Waals surface area contributed by atoms with Gasteiger partial charge in [0, 0.05) is 11.6 Å². The number of hydrogen-bond donors (Lipinski definition) is 2. The number of anilines is 1. The number of amides is 1. The van der Waals surface area contributed by atoms with Crippen molar-refractivity contribution in [3.05, 3.63) is 69.9 Å². The number of hydrazone groups is 1. The Hall–Kier alpha value is -5.14. The molecule has 14 nitrogen and oxygen atoms in total. The van der Waals surface area contributed by atoms with E-state index in [1.54, 1.807) is 30.3 Å². The minimum atomic E-state index is -0.732. The van der Waals surface area contributed by atoms with Crippen molar-refractivity contribution in [2.24, 2.45) is 5.10 Å². The summed E-state index contributed by atoms with van der Waals surface area (Å²) in [5, 5.41) is 30.1. The Kier molecular flexibility index (Phi) is 5.71. The maximum Gasteiger partial charge on any atom is 0.294 e. The van der Waals surface area contributed by atoms with Gasteiger partial charge in [-0.25, -0.2) is 10.1 Å². The normalized spacial score (nSPS) is 10.9. The number of nitro groups is 1. The molecule has 0 saturated heterocycles. The number of nitrogens with one attached hydrogen (secondary N) is 1. The van der Waals surface area contributed by atoms with Gasteiger partial charge in [-0.2, -0.15) is 9.78 Å². The number of carbonyl (C=O) groups is 1. The number of methoxy groups -OCH3 is 1. The molecule has 4 rings (SSSR count). The number of carbonyl (C=O) groups excluding carboxylic acids is 1. The van der Waals surface area contributed by atoms with Crippen molar-refractivity contribution in [1.29, 1.82) is 0 Å². The molecule has 0 saturated carbocycles. The van der Waals surface area contributed by atoms with Gasteiger partial charge in [-0.05, 0) is 28.5 Å². The van der Waals surface area contributed by atoms with Gasteiger partial charge in [0.2, 0.25) is 11.6 Å². The first-order valence-electron chi connectivity index (χ1n) is 9.25. The standard InChI is InChI=1S/C19H15N9O5/c1-32-13-7-4-6-11(9-13)16-15(22-26-27(16)18-17(20)24-33-25-18)19(29)23-21-10-12-5-2-3-8-14(12)28(30)31/h2-10H,1H3,(H2,20,24)(H,23,29)/b21-10-. The number of para-hydroxylation sites is 1. The summed E-state index contributed by atoms with van der Waals surface area (Å²) >= 11 is 0. The maximum atomic E-state index is 12.9. The molecule has 0 aliphatic rings. The molecule has 14 heteroatoms. The molecule has 3 N–H and O–H groups in total. The van der Waals surface area contributed by atoms with E-state index in [4.69, 9.17) is 10.5 Å². The Morgan fingerprint density at radius 3 is 2.82 bits per heavy atom. The minimum Gasteiger partial charge on any atom is -0.497 e. The van der Waals surface area contributed by atoms with Crippen LogP contribution in [0.1, 0.15) is 16.1 Å². The number of aromatic nitrogens is 5. The van der Waals surface area contributed by atoms with Crippen LogP contribution in [0.5, 0.6) is 5.75 Å². The quantitative estimate of drug-likeness (QED) is 0.238. The summed E-state index contributed by atoms with van der Waals surface area (Å²) in [6.07, 6.45) is 1.16. The fourth-order valence-electron chi connectivity index (χ4n) is 2.93. The van der Waals surface area contributed by atoms with Crippen molar-refractivity contribution in [2.45, 2.75) is 0 Å². The van der Waals surface area contributed by atoms with Gasteiger partial charge in [-0.3, -0.25) is 14.9 Å². The number of hydrogen-bond acceptors (Lipinski definition) is 11. The van der Waals surface area contributed by atoms with Gasteiger partial charge in [-0.15, -0.1) is 5.10 Å². The van der Waals surface area contributed by atoms with Crippen LogP contribution in [0.3, 0.4) is 0 Å². The third-order valence-corrected chi connectivity index (χ3v) is 4.43. The first-order chi connectivity index (χ1) is 16.0. The Morgan fingerprint density at radius 1 is 1.27 bits per heavy atom. The van der Waals surface area contributed by atoms with Crippen molar-refractivity contribution < 1.29 is 19.1 Å². The Morgan fingerprint density at radius 2 is 2.09 bits per heavy atom. The highest BCUT2D eigenvalue weighted by molar-refractivity contribution is 5.99. The molecule has 0 bridgehead atoms.